The summed E-state index contributed by atoms with van der Waals surface area (Å²) in [6.45, 7) is 0. The molecule has 0 aliphatic carbocycles. The predicted octanol–water partition coefficient (Wildman–Crippen LogP) is 8.72. The Morgan fingerprint density at radius 2 is 0.622 bits per heavy atom. The lowest BCUT2D eigenvalue weighted by Crippen LogP contribution is -2.03. The second-order valence-electron chi connectivity index (χ2n) is 7.13. The molecule has 0 bridgehead atoms. The van der Waals surface area contributed by atoms with Crippen LogP contribution in [0.4, 0.5) is 43.9 Å². The number of aromatic nitrogens is 2. The van der Waals surface area contributed by atoms with Crippen LogP contribution in [0.25, 0.3) is 40.7 Å². The molecule has 0 unspecified atom stereocenters. The Kier molecular flexibility index (Phi) is 6.32. The minimum Gasteiger partial charge on any atom is -0.203 e. The van der Waals surface area contributed by atoms with Crippen LogP contribution in [-0.4, -0.2) is 10.2 Å². The van der Waals surface area contributed by atoms with Crippen LogP contribution in [0.15, 0.2) is 24.3 Å². The molecule has 37 heavy (non-hydrogen) atoms. The maximum atomic E-state index is 14.1. The highest BCUT2D eigenvalue weighted by molar-refractivity contribution is 7.27. The molecule has 0 aliphatic rings. The van der Waals surface area contributed by atoms with Gasteiger partial charge in [0.25, 0.3) is 0 Å². The number of nitrogens with zero attached hydrogens (tertiary/aromatic N) is 2. The van der Waals surface area contributed by atoms with E-state index in [-0.39, 0.29) is 29.5 Å². The van der Waals surface area contributed by atoms with Gasteiger partial charge in [0.2, 0.25) is 11.6 Å². The first-order valence-electron chi connectivity index (χ1n) is 9.58. The van der Waals surface area contributed by atoms with Gasteiger partial charge >= 0.3 is 0 Å². The highest BCUT2D eigenvalue weighted by atomic mass is 32.1. The van der Waals surface area contributed by atoms with Gasteiger partial charge < -0.3 is 0 Å². The van der Waals surface area contributed by atoms with Crippen molar-refractivity contribution in [3.05, 3.63) is 82.4 Å². The molecule has 5 rings (SSSR count). The van der Waals surface area contributed by atoms with Gasteiger partial charge in [0.1, 0.15) is 0 Å². The number of thiophene rings is 2. The maximum Gasteiger partial charge on any atom is 0.200 e. The Hall–Kier alpha value is -3.30. The number of benzene rings is 2. The zero-order chi connectivity index (χ0) is 26.8. The van der Waals surface area contributed by atoms with Gasteiger partial charge in [-0.3, -0.25) is 0 Å². The Morgan fingerprint density at radius 3 is 0.946 bits per heavy atom. The minimum absolute atomic E-state index is 0.168. The Balaban J connectivity index is 1.49. The molecule has 0 amide bonds. The van der Waals surface area contributed by atoms with Crippen molar-refractivity contribution >= 4 is 34.0 Å². The van der Waals surface area contributed by atoms with Crippen molar-refractivity contribution in [2.45, 2.75) is 0 Å². The van der Waals surface area contributed by atoms with Crippen molar-refractivity contribution in [2.24, 2.45) is 0 Å². The van der Waals surface area contributed by atoms with Crippen molar-refractivity contribution in [1.82, 2.24) is 10.2 Å². The summed E-state index contributed by atoms with van der Waals surface area (Å²) in [6, 6.07) is 4.89. The van der Waals surface area contributed by atoms with E-state index < -0.39 is 69.3 Å². The van der Waals surface area contributed by atoms with Crippen LogP contribution in [0.2, 0.25) is 0 Å². The average molecular weight is 582 g/mol. The molecule has 0 saturated heterocycles. The van der Waals surface area contributed by atoms with Gasteiger partial charge in [-0.2, -0.15) is 0 Å². The summed E-state index contributed by atoms with van der Waals surface area (Å²) in [5.41, 5.74) is -2.22. The molecule has 0 spiro atoms. The van der Waals surface area contributed by atoms with Crippen LogP contribution in [0.5, 0.6) is 0 Å². The molecular weight excluding hydrogens is 578 g/mol. The molecule has 2 nitrogen and oxygen atoms in total. The molecule has 2 aromatic carbocycles. The summed E-state index contributed by atoms with van der Waals surface area (Å²) in [6.07, 6.45) is 0. The lowest BCUT2D eigenvalue weighted by atomic mass is 10.1. The lowest BCUT2D eigenvalue weighted by molar-refractivity contribution is 0.381. The Bertz CT molecular complexity index is 1520. The number of hydrogen-bond acceptors (Lipinski definition) is 5. The van der Waals surface area contributed by atoms with E-state index >= 15 is 0 Å². The molecule has 190 valence electrons. The predicted molar refractivity (Wildman–Crippen MR) is 117 cm³/mol. The van der Waals surface area contributed by atoms with Crippen molar-refractivity contribution in [2.75, 3.05) is 0 Å². The maximum absolute atomic E-state index is 14.1. The highest BCUT2D eigenvalue weighted by Gasteiger charge is 2.29. The molecule has 3 heterocycles. The van der Waals surface area contributed by atoms with E-state index in [0.717, 1.165) is 23.5 Å². The van der Waals surface area contributed by atoms with Gasteiger partial charge in [0.15, 0.2) is 56.6 Å². The summed E-state index contributed by atoms with van der Waals surface area (Å²) in [7, 11) is 0. The Morgan fingerprint density at radius 1 is 0.351 bits per heavy atom. The molecule has 15 heteroatoms. The summed E-state index contributed by atoms with van der Waals surface area (Å²) in [5, 5.41) is 8.12. The van der Waals surface area contributed by atoms with Crippen LogP contribution >= 0.6 is 34.0 Å². The van der Waals surface area contributed by atoms with E-state index in [1.807, 2.05) is 0 Å². The normalized spacial score (nSPS) is 11.5. The van der Waals surface area contributed by atoms with E-state index in [1.165, 1.54) is 12.1 Å². The van der Waals surface area contributed by atoms with Crippen molar-refractivity contribution in [3.63, 3.8) is 0 Å². The first kappa shape index (κ1) is 25.4. The summed E-state index contributed by atoms with van der Waals surface area (Å²) in [5.74, 6) is -20.9. The zero-order valence-corrected chi connectivity index (χ0v) is 19.7. The highest BCUT2D eigenvalue weighted by Crippen LogP contribution is 2.43. The molecule has 0 aliphatic heterocycles. The summed E-state index contributed by atoms with van der Waals surface area (Å²) >= 11 is 2.23. The van der Waals surface area contributed by atoms with Crippen LogP contribution < -0.4 is 0 Å². The van der Waals surface area contributed by atoms with Gasteiger partial charge in [-0.15, -0.1) is 32.9 Å². The fraction of sp³-hybridized carbons (Fsp3) is 0. The Labute approximate surface area is 211 Å². The molecule has 0 N–H and O–H groups in total. The molecular formula is C22H4F10N2S3. The topological polar surface area (TPSA) is 25.8 Å². The van der Waals surface area contributed by atoms with Crippen molar-refractivity contribution in [1.29, 1.82) is 0 Å². The zero-order valence-electron chi connectivity index (χ0n) is 17.2. The van der Waals surface area contributed by atoms with Crippen LogP contribution in [0.3, 0.4) is 0 Å². The molecule has 3 aromatic heterocycles. The number of hydrogen-bond donors (Lipinski definition) is 0. The standard InChI is InChI=1S/C22H4F10N2S3/c23-11-9(12(24)16(28)19(31)15(11)27)5-1-3-7(35-5)21-33-34-22(37-21)8-4-2-6(36-8)10-13(25)17(29)20(32)18(30)14(10)26/h1-4H. The third kappa shape index (κ3) is 4.01. The van der Waals surface area contributed by atoms with Gasteiger partial charge in [0.05, 0.1) is 20.9 Å². The third-order valence-electron chi connectivity index (χ3n) is 4.97. The monoisotopic (exact) mass is 582 g/mol. The summed E-state index contributed by atoms with van der Waals surface area (Å²) in [4.78, 5) is -0.0491. The van der Waals surface area contributed by atoms with E-state index in [2.05, 4.69) is 10.2 Å². The molecule has 0 fully saturated rings. The fourth-order valence-electron chi connectivity index (χ4n) is 3.24. The third-order valence-corrected chi connectivity index (χ3v) is 8.44. The molecule has 5 aromatic rings. The van der Waals surface area contributed by atoms with E-state index in [0.29, 0.717) is 22.7 Å². The van der Waals surface area contributed by atoms with Gasteiger partial charge in [-0.05, 0) is 24.3 Å². The SMILES string of the molecule is Fc1c(F)c(F)c(-c2ccc(-c3nnc(-c4ccc(-c5c(F)c(F)c(F)c(F)c5F)s4)s3)s2)c(F)c1F. The van der Waals surface area contributed by atoms with Crippen molar-refractivity contribution < 1.29 is 43.9 Å². The number of halogens is 10. The lowest BCUT2D eigenvalue weighted by Gasteiger charge is -2.06. The second-order valence-corrected chi connectivity index (χ2v) is 10.3. The van der Waals surface area contributed by atoms with E-state index in [4.69, 9.17) is 0 Å². The van der Waals surface area contributed by atoms with E-state index in [9.17, 15) is 43.9 Å². The summed E-state index contributed by atoms with van der Waals surface area (Å²) < 4.78 is 137. The number of rotatable bonds is 4. The quantitative estimate of drug-likeness (QED) is 0.120. The second kappa shape index (κ2) is 9.22. The van der Waals surface area contributed by atoms with Crippen LogP contribution in [-0.2, 0) is 0 Å². The first-order chi connectivity index (χ1) is 17.5. The van der Waals surface area contributed by atoms with Crippen molar-refractivity contribution in [3.8, 4) is 40.7 Å². The van der Waals surface area contributed by atoms with Gasteiger partial charge in [-0.25, -0.2) is 43.9 Å². The van der Waals surface area contributed by atoms with E-state index in [1.54, 1.807) is 0 Å². The first-order valence-corrected chi connectivity index (χ1v) is 12.0. The molecule has 0 saturated carbocycles. The average Bonchev–Trinajstić information content (AvgIpc) is 3.65. The van der Waals surface area contributed by atoms with Crippen LogP contribution in [0, 0.1) is 58.2 Å². The van der Waals surface area contributed by atoms with Gasteiger partial charge in [0, 0.05) is 9.75 Å². The minimum atomic E-state index is -2.29. The molecule has 0 atom stereocenters. The smallest absolute Gasteiger partial charge is 0.200 e. The van der Waals surface area contributed by atoms with Gasteiger partial charge in [-0.1, -0.05) is 11.3 Å². The fourth-order valence-corrected chi connectivity index (χ4v) is 6.26. The van der Waals surface area contributed by atoms with Crippen LogP contribution in [0.1, 0.15) is 0 Å². The largest absolute Gasteiger partial charge is 0.203 e. The molecule has 0 radical (unpaired) electrons.